The Labute approximate surface area is 181 Å². The van der Waals surface area contributed by atoms with E-state index in [-0.39, 0.29) is 0 Å². The zero-order valence-corrected chi connectivity index (χ0v) is 18.4. The molecule has 9 heteroatoms. The first-order valence-electron chi connectivity index (χ1n) is 8.89. The van der Waals surface area contributed by atoms with Gasteiger partial charge < -0.3 is 9.29 Å². The zero-order chi connectivity index (χ0) is 22.1. The Hall–Kier alpha value is -2.65. The SMILES string of the molecule is COS(=O)(=O)[O-].Cn1c(-c2ccccc2)c(OCC=CCl)c(-c2ccccc2)[n+]1C. The molecule has 2 aromatic carbocycles. The van der Waals surface area contributed by atoms with Gasteiger partial charge in [0.05, 0.1) is 19.7 Å². The molecule has 1 aromatic heterocycles. The van der Waals surface area contributed by atoms with Gasteiger partial charge in [-0.3, -0.25) is 4.18 Å². The summed E-state index contributed by atoms with van der Waals surface area (Å²) in [6, 6.07) is 20.5. The second kappa shape index (κ2) is 10.9. The lowest BCUT2D eigenvalue weighted by Gasteiger charge is -2.05. The van der Waals surface area contributed by atoms with Gasteiger partial charge in [-0.05, 0) is 18.2 Å². The third-order valence-corrected chi connectivity index (χ3v) is 4.83. The number of rotatable bonds is 6. The van der Waals surface area contributed by atoms with Gasteiger partial charge in [0.25, 0.3) is 5.69 Å². The van der Waals surface area contributed by atoms with Crippen molar-refractivity contribution < 1.29 is 26.6 Å². The smallest absolute Gasteiger partial charge is 0.280 e. The Kier molecular flexibility index (Phi) is 8.61. The second-order valence-electron chi connectivity index (χ2n) is 6.05. The molecule has 0 saturated carbocycles. The van der Waals surface area contributed by atoms with Crippen LogP contribution < -0.4 is 9.42 Å². The normalized spacial score (nSPS) is 11.2. The summed E-state index contributed by atoms with van der Waals surface area (Å²) >= 11 is 5.65. The molecular formula is C21H23ClN2O5S. The maximum absolute atomic E-state index is 9.22. The van der Waals surface area contributed by atoms with Crippen molar-refractivity contribution in [3.8, 4) is 28.3 Å². The fraction of sp³-hybridized carbons (Fsp3) is 0.190. The molecule has 0 aliphatic rings. The minimum atomic E-state index is -4.41. The van der Waals surface area contributed by atoms with Crippen LogP contribution in [0.4, 0.5) is 0 Å². The number of aromatic nitrogens is 2. The van der Waals surface area contributed by atoms with E-state index in [1.807, 2.05) is 50.5 Å². The molecule has 0 spiro atoms. The maximum Gasteiger partial charge on any atom is 0.280 e. The molecule has 0 saturated heterocycles. The molecular weight excluding hydrogens is 428 g/mol. The molecule has 3 aromatic rings. The van der Waals surface area contributed by atoms with Crippen LogP contribution in [-0.4, -0.2) is 31.4 Å². The number of benzene rings is 2. The molecule has 0 unspecified atom stereocenters. The summed E-state index contributed by atoms with van der Waals surface area (Å²) in [6.45, 7) is 0.424. The molecule has 7 nitrogen and oxygen atoms in total. The lowest BCUT2D eigenvalue weighted by atomic mass is 10.1. The standard InChI is InChI=1S/C20H20ClN2O.CH4O4S/c1-22-18(16-10-5-3-6-11-16)20(24-15-9-14-21)19(23(22)2)17-12-7-4-8-13-17;1-5-6(2,3)4/h3-14H,15H2,1-2H3;1H3,(H,2,3,4)/q+1;/p-1. The minimum Gasteiger partial charge on any atom is -0.726 e. The molecule has 30 heavy (non-hydrogen) atoms. The maximum atomic E-state index is 9.22. The highest BCUT2D eigenvalue weighted by atomic mass is 35.5. The fourth-order valence-electron chi connectivity index (χ4n) is 2.84. The average Bonchev–Trinajstić information content (AvgIpc) is 2.99. The van der Waals surface area contributed by atoms with Crippen LogP contribution in [0.5, 0.6) is 5.75 Å². The van der Waals surface area contributed by atoms with Crippen LogP contribution in [0.2, 0.25) is 0 Å². The Morgan fingerprint density at radius 3 is 2.03 bits per heavy atom. The molecule has 0 atom stereocenters. The molecule has 0 aliphatic carbocycles. The highest BCUT2D eigenvalue weighted by Gasteiger charge is 2.29. The van der Waals surface area contributed by atoms with Crippen molar-refractivity contribution in [1.29, 1.82) is 0 Å². The average molecular weight is 451 g/mol. The van der Waals surface area contributed by atoms with E-state index in [0.717, 1.165) is 35.4 Å². The van der Waals surface area contributed by atoms with Crippen molar-refractivity contribution >= 4 is 22.0 Å². The molecule has 0 radical (unpaired) electrons. The molecule has 1 heterocycles. The van der Waals surface area contributed by atoms with Gasteiger partial charge in [0.15, 0.2) is 12.7 Å². The van der Waals surface area contributed by atoms with Crippen molar-refractivity contribution in [3.63, 3.8) is 0 Å². The molecule has 0 N–H and O–H groups in total. The summed E-state index contributed by atoms with van der Waals surface area (Å²) in [5, 5.41) is 0. The predicted octanol–water partition coefficient (Wildman–Crippen LogP) is 3.41. The van der Waals surface area contributed by atoms with Gasteiger partial charge in [-0.25, -0.2) is 8.42 Å². The van der Waals surface area contributed by atoms with Crippen LogP contribution in [0, 0.1) is 0 Å². The van der Waals surface area contributed by atoms with Crippen LogP contribution in [0.15, 0.2) is 72.3 Å². The Morgan fingerprint density at radius 2 is 1.57 bits per heavy atom. The van der Waals surface area contributed by atoms with E-state index in [4.69, 9.17) is 16.3 Å². The van der Waals surface area contributed by atoms with Gasteiger partial charge in [-0.2, -0.15) is 4.68 Å². The lowest BCUT2D eigenvalue weighted by molar-refractivity contribution is -0.740. The summed E-state index contributed by atoms with van der Waals surface area (Å²) in [6.07, 6.45) is 1.79. The van der Waals surface area contributed by atoms with E-state index in [9.17, 15) is 13.0 Å². The third-order valence-electron chi connectivity index (χ3n) is 4.24. The van der Waals surface area contributed by atoms with Crippen molar-refractivity contribution in [3.05, 3.63) is 72.3 Å². The van der Waals surface area contributed by atoms with Crippen LogP contribution in [0.1, 0.15) is 0 Å². The van der Waals surface area contributed by atoms with Crippen LogP contribution in [-0.2, 0) is 28.7 Å². The number of nitrogens with zero attached hydrogens (tertiary/aromatic N) is 2. The summed E-state index contributed by atoms with van der Waals surface area (Å²) < 4.78 is 41.3. The summed E-state index contributed by atoms with van der Waals surface area (Å²) in [5.41, 5.74) is 5.79. The monoisotopic (exact) mass is 450 g/mol. The van der Waals surface area contributed by atoms with Crippen molar-refractivity contribution in [2.75, 3.05) is 13.7 Å². The van der Waals surface area contributed by atoms with E-state index in [1.165, 1.54) is 5.54 Å². The fourth-order valence-corrected chi connectivity index (χ4v) is 2.91. The van der Waals surface area contributed by atoms with Gasteiger partial charge in [0.2, 0.25) is 16.1 Å². The predicted molar refractivity (Wildman–Crippen MR) is 115 cm³/mol. The number of hydrogen-bond acceptors (Lipinski definition) is 5. The van der Waals surface area contributed by atoms with E-state index in [2.05, 4.69) is 37.8 Å². The summed E-state index contributed by atoms with van der Waals surface area (Å²) in [4.78, 5) is 0. The number of hydrogen-bond donors (Lipinski definition) is 0. The quantitative estimate of drug-likeness (QED) is 0.326. The molecule has 0 bridgehead atoms. The van der Waals surface area contributed by atoms with E-state index >= 15 is 0 Å². The first-order chi connectivity index (χ1) is 14.3. The Balaban J connectivity index is 0.000000469. The van der Waals surface area contributed by atoms with Gasteiger partial charge >= 0.3 is 0 Å². The van der Waals surface area contributed by atoms with Gasteiger partial charge in [-0.1, -0.05) is 60.1 Å². The van der Waals surface area contributed by atoms with Gasteiger partial charge in [-0.15, -0.1) is 4.68 Å². The van der Waals surface area contributed by atoms with Crippen LogP contribution in [0.3, 0.4) is 0 Å². The van der Waals surface area contributed by atoms with Crippen molar-refractivity contribution in [2.24, 2.45) is 14.1 Å². The molecule has 0 fully saturated rings. The van der Waals surface area contributed by atoms with Crippen LogP contribution in [0.25, 0.3) is 22.5 Å². The van der Waals surface area contributed by atoms with E-state index < -0.39 is 10.4 Å². The number of ether oxygens (including phenoxy) is 1. The highest BCUT2D eigenvalue weighted by Crippen LogP contribution is 2.37. The molecule has 0 aliphatic heterocycles. The lowest BCUT2D eigenvalue weighted by Crippen LogP contribution is -2.39. The van der Waals surface area contributed by atoms with Crippen molar-refractivity contribution in [1.82, 2.24) is 4.68 Å². The summed E-state index contributed by atoms with van der Waals surface area (Å²) in [5.74, 6) is 0.854. The minimum absolute atomic E-state index is 0.424. The Bertz CT molecular complexity index is 1020. The number of halogens is 1. The highest BCUT2D eigenvalue weighted by molar-refractivity contribution is 7.80. The zero-order valence-electron chi connectivity index (χ0n) is 16.9. The largest absolute Gasteiger partial charge is 0.726 e. The second-order valence-corrected chi connectivity index (χ2v) is 7.46. The van der Waals surface area contributed by atoms with Crippen LogP contribution >= 0.6 is 11.6 Å². The Morgan fingerprint density at radius 1 is 1.07 bits per heavy atom. The van der Waals surface area contributed by atoms with E-state index in [1.54, 1.807) is 6.08 Å². The third kappa shape index (κ3) is 6.17. The summed E-state index contributed by atoms with van der Waals surface area (Å²) in [7, 11) is 0.477. The molecule has 3 rings (SSSR count). The van der Waals surface area contributed by atoms with E-state index in [0.29, 0.717) is 6.61 Å². The first kappa shape index (κ1) is 23.6. The van der Waals surface area contributed by atoms with Gasteiger partial charge in [0, 0.05) is 11.1 Å². The van der Waals surface area contributed by atoms with Gasteiger partial charge in [0.1, 0.15) is 6.61 Å². The molecule has 0 amide bonds. The van der Waals surface area contributed by atoms with Crippen molar-refractivity contribution in [2.45, 2.75) is 0 Å². The first-order valence-corrected chi connectivity index (χ1v) is 10.7. The molecule has 160 valence electrons. The topological polar surface area (TPSA) is 84.5 Å².